The minimum Gasteiger partial charge on any atom is -0.340 e. The van der Waals surface area contributed by atoms with Crippen LogP contribution in [0, 0.1) is 6.92 Å². The van der Waals surface area contributed by atoms with Gasteiger partial charge in [0.05, 0.1) is 17.7 Å². The van der Waals surface area contributed by atoms with Gasteiger partial charge in [-0.2, -0.15) is 13.2 Å². The average molecular weight is 442 g/mol. The number of nitrogens with zero attached hydrogens (tertiary/aromatic N) is 2. The molecule has 2 aromatic carbocycles. The van der Waals surface area contributed by atoms with Crippen LogP contribution in [0.25, 0.3) is 0 Å². The molecule has 0 bridgehead atoms. The Bertz CT molecular complexity index is 1110. The average Bonchev–Trinajstić information content (AvgIpc) is 2.75. The molecule has 0 fully saturated rings. The van der Waals surface area contributed by atoms with E-state index in [4.69, 9.17) is 0 Å². The largest absolute Gasteiger partial charge is 0.416 e. The first-order valence-corrected chi connectivity index (χ1v) is 9.65. The fraction of sp³-hybridized carbons (Fsp3) is 0.174. The molecule has 1 heterocycles. The van der Waals surface area contributed by atoms with Gasteiger partial charge in [-0.25, -0.2) is 4.98 Å². The Morgan fingerprint density at radius 2 is 1.72 bits per heavy atom. The summed E-state index contributed by atoms with van der Waals surface area (Å²) in [5, 5.41) is 5.47. The molecule has 9 heteroatoms. The van der Waals surface area contributed by atoms with Crippen molar-refractivity contribution >= 4 is 29.0 Å². The number of aryl methyl sites for hydroxylation is 1. The Balaban J connectivity index is 1.72. The topological polar surface area (TPSA) is 74.3 Å². The van der Waals surface area contributed by atoms with E-state index in [1.807, 2.05) is 19.1 Å². The van der Waals surface area contributed by atoms with Crippen molar-refractivity contribution in [2.75, 3.05) is 24.2 Å². The molecule has 0 spiro atoms. The van der Waals surface area contributed by atoms with Crippen molar-refractivity contribution in [2.45, 2.75) is 13.1 Å². The van der Waals surface area contributed by atoms with Crippen LogP contribution in [0.4, 0.5) is 30.4 Å². The van der Waals surface area contributed by atoms with E-state index in [9.17, 15) is 22.8 Å². The normalized spacial score (nSPS) is 11.0. The van der Waals surface area contributed by atoms with Crippen molar-refractivity contribution in [3.63, 3.8) is 0 Å². The Morgan fingerprint density at radius 1 is 1.00 bits per heavy atom. The molecule has 1 aromatic heterocycles. The second-order valence-electron chi connectivity index (χ2n) is 7.18. The van der Waals surface area contributed by atoms with Gasteiger partial charge in [0.2, 0.25) is 5.91 Å². The van der Waals surface area contributed by atoms with Crippen molar-refractivity contribution in [1.29, 1.82) is 0 Å². The number of aromatic nitrogens is 1. The van der Waals surface area contributed by atoms with Gasteiger partial charge in [0.15, 0.2) is 0 Å². The number of likely N-dealkylation sites (N-methyl/N-ethyl adjacent to an activating group) is 1. The molecule has 0 aliphatic carbocycles. The predicted molar refractivity (Wildman–Crippen MR) is 116 cm³/mol. The summed E-state index contributed by atoms with van der Waals surface area (Å²) < 4.78 is 38.9. The second-order valence-corrected chi connectivity index (χ2v) is 7.18. The van der Waals surface area contributed by atoms with Gasteiger partial charge in [0.25, 0.3) is 5.91 Å². The number of hydrogen-bond donors (Lipinski definition) is 2. The van der Waals surface area contributed by atoms with Crippen LogP contribution in [0.5, 0.6) is 0 Å². The van der Waals surface area contributed by atoms with E-state index in [2.05, 4.69) is 15.6 Å². The van der Waals surface area contributed by atoms with E-state index in [1.165, 1.54) is 42.4 Å². The zero-order chi connectivity index (χ0) is 23.3. The molecule has 0 aliphatic rings. The van der Waals surface area contributed by atoms with Crippen LogP contribution in [0.1, 0.15) is 21.5 Å². The molecule has 0 saturated heterocycles. The lowest BCUT2D eigenvalue weighted by Gasteiger charge is -2.19. The number of amides is 2. The highest BCUT2D eigenvalue weighted by atomic mass is 19.4. The lowest BCUT2D eigenvalue weighted by Crippen LogP contribution is -2.35. The molecule has 0 radical (unpaired) electrons. The number of pyridine rings is 1. The van der Waals surface area contributed by atoms with Crippen LogP contribution < -0.4 is 10.6 Å². The van der Waals surface area contributed by atoms with E-state index in [-0.39, 0.29) is 29.5 Å². The highest BCUT2D eigenvalue weighted by Gasteiger charge is 2.30. The molecular formula is C23H21F3N4O2. The number of rotatable bonds is 6. The number of hydrogen-bond acceptors (Lipinski definition) is 4. The summed E-state index contributed by atoms with van der Waals surface area (Å²) in [6.07, 6.45) is -3.08. The van der Waals surface area contributed by atoms with Crippen LogP contribution in [0.15, 0.2) is 66.9 Å². The molecule has 0 saturated carbocycles. The van der Waals surface area contributed by atoms with E-state index >= 15 is 0 Å². The highest BCUT2D eigenvalue weighted by molar-refractivity contribution is 6.02. The maximum Gasteiger partial charge on any atom is 0.416 e. The molecular weight excluding hydrogens is 421 g/mol. The van der Waals surface area contributed by atoms with Crippen molar-refractivity contribution in [3.05, 3.63) is 83.6 Å². The Hall–Kier alpha value is -3.88. The maximum atomic E-state index is 13.0. The van der Waals surface area contributed by atoms with Gasteiger partial charge < -0.3 is 15.5 Å². The van der Waals surface area contributed by atoms with Crippen LogP contribution in [-0.2, 0) is 11.0 Å². The summed E-state index contributed by atoms with van der Waals surface area (Å²) in [7, 11) is 1.46. The quantitative estimate of drug-likeness (QED) is 0.572. The molecule has 0 unspecified atom stereocenters. The van der Waals surface area contributed by atoms with E-state index in [0.29, 0.717) is 5.69 Å². The maximum absolute atomic E-state index is 13.0. The van der Waals surface area contributed by atoms with E-state index < -0.39 is 17.6 Å². The van der Waals surface area contributed by atoms with Crippen molar-refractivity contribution in [3.8, 4) is 0 Å². The van der Waals surface area contributed by atoms with E-state index in [1.54, 1.807) is 12.1 Å². The zero-order valence-electron chi connectivity index (χ0n) is 17.4. The summed E-state index contributed by atoms with van der Waals surface area (Å²) in [4.78, 5) is 30.5. The summed E-state index contributed by atoms with van der Waals surface area (Å²) in [6, 6.07) is 14.8. The fourth-order valence-electron chi connectivity index (χ4n) is 2.92. The number of benzene rings is 2. The molecule has 2 amide bonds. The monoisotopic (exact) mass is 442 g/mol. The van der Waals surface area contributed by atoms with E-state index in [0.717, 1.165) is 17.7 Å². The first-order valence-electron chi connectivity index (χ1n) is 9.65. The number of nitrogens with one attached hydrogen (secondary N) is 2. The highest BCUT2D eigenvalue weighted by Crippen LogP contribution is 2.31. The third-order valence-corrected chi connectivity index (χ3v) is 4.55. The number of carbonyl (C=O) groups excluding carboxylic acids is 2. The summed E-state index contributed by atoms with van der Waals surface area (Å²) >= 11 is 0. The summed E-state index contributed by atoms with van der Waals surface area (Å²) in [6.45, 7) is 1.71. The first-order chi connectivity index (χ1) is 15.1. The van der Waals surface area contributed by atoms with Gasteiger partial charge >= 0.3 is 6.18 Å². The van der Waals surface area contributed by atoms with Crippen molar-refractivity contribution in [1.82, 2.24) is 9.88 Å². The number of alkyl halides is 3. The summed E-state index contributed by atoms with van der Waals surface area (Å²) in [5.74, 6) is -0.810. The standard InChI is InChI=1S/C23H21F3N4O2/c1-15-8-10-17(11-9-15)28-20(31)14-30(2)22(32)19-7-4-12-27-21(19)29-18-6-3-5-16(13-18)23(24,25)26/h3-13H,14H2,1-2H3,(H,27,29)(H,28,31). The Kier molecular flexibility index (Phi) is 6.77. The predicted octanol–water partition coefficient (Wildman–Crippen LogP) is 4.86. The molecule has 6 nitrogen and oxygen atoms in total. The Morgan fingerprint density at radius 3 is 2.41 bits per heavy atom. The zero-order valence-corrected chi connectivity index (χ0v) is 17.4. The third-order valence-electron chi connectivity index (χ3n) is 4.55. The lowest BCUT2D eigenvalue weighted by molar-refractivity contribution is -0.137. The molecule has 3 rings (SSSR count). The Labute approximate surface area is 183 Å². The molecule has 0 atom stereocenters. The van der Waals surface area contributed by atoms with Crippen LogP contribution >= 0.6 is 0 Å². The minimum absolute atomic E-state index is 0.0858. The molecule has 32 heavy (non-hydrogen) atoms. The van der Waals surface area contributed by atoms with Crippen LogP contribution in [0.2, 0.25) is 0 Å². The lowest BCUT2D eigenvalue weighted by atomic mass is 10.1. The van der Waals surface area contributed by atoms with Crippen LogP contribution in [-0.4, -0.2) is 35.3 Å². The number of carbonyl (C=O) groups is 2. The number of anilines is 3. The SMILES string of the molecule is Cc1ccc(NC(=O)CN(C)C(=O)c2cccnc2Nc2cccc(C(F)(F)F)c2)cc1. The first kappa shape index (κ1) is 22.8. The van der Waals surface area contributed by atoms with Crippen molar-refractivity contribution in [2.24, 2.45) is 0 Å². The van der Waals surface area contributed by atoms with Gasteiger partial charge in [-0.05, 0) is 49.4 Å². The second kappa shape index (κ2) is 9.51. The van der Waals surface area contributed by atoms with Gasteiger partial charge in [0, 0.05) is 24.6 Å². The van der Waals surface area contributed by atoms with Crippen LogP contribution in [0.3, 0.4) is 0 Å². The minimum atomic E-state index is -4.49. The molecule has 166 valence electrons. The van der Waals surface area contributed by atoms with Gasteiger partial charge in [0.1, 0.15) is 5.82 Å². The summed E-state index contributed by atoms with van der Waals surface area (Å²) in [5.41, 5.74) is 1.08. The third kappa shape index (κ3) is 5.84. The number of halogens is 3. The molecule has 0 aliphatic heterocycles. The smallest absolute Gasteiger partial charge is 0.340 e. The van der Waals surface area contributed by atoms with Gasteiger partial charge in [-0.1, -0.05) is 23.8 Å². The fourth-order valence-corrected chi connectivity index (χ4v) is 2.92. The van der Waals surface area contributed by atoms with Crippen molar-refractivity contribution < 1.29 is 22.8 Å². The molecule has 2 N–H and O–H groups in total. The van der Waals surface area contributed by atoms with Gasteiger partial charge in [-0.15, -0.1) is 0 Å². The van der Waals surface area contributed by atoms with Gasteiger partial charge in [-0.3, -0.25) is 9.59 Å². The molecule has 3 aromatic rings.